The minimum atomic E-state index is -0.329. The number of hydrogen-bond donors (Lipinski definition) is 2. The van der Waals surface area contributed by atoms with Crippen LogP contribution in [0.3, 0.4) is 0 Å². The van der Waals surface area contributed by atoms with Crippen molar-refractivity contribution in [2.75, 3.05) is 4.72 Å². The first-order chi connectivity index (χ1) is 16.9. The van der Waals surface area contributed by atoms with Crippen molar-refractivity contribution in [3.8, 4) is 0 Å². The minimum Gasteiger partial charge on any atom is -0.366 e. The molecule has 0 bridgehead atoms. The standard InChI is InChI=1S/C29H29BrN4S/c1-21-11-8-9-16-27(21)22(2)17-29(34-23(3)28(30)20-32-34)31-19-24-12-10-13-25(18-24)33-35(4)26-14-6-5-7-15-26/h5-18,20,31,33H,2,4,19H2,1,3H3/b29-17-. The Morgan fingerprint density at radius 3 is 2.49 bits per heavy atom. The van der Waals surface area contributed by atoms with Gasteiger partial charge in [0.2, 0.25) is 0 Å². The molecule has 178 valence electrons. The second kappa shape index (κ2) is 11.4. The Bertz CT molecular complexity index is 1390. The van der Waals surface area contributed by atoms with Gasteiger partial charge in [-0.1, -0.05) is 77.7 Å². The molecule has 0 spiro atoms. The molecule has 1 unspecified atom stereocenters. The molecule has 0 aliphatic rings. The Hall–Kier alpha value is -3.35. The highest BCUT2D eigenvalue weighted by Gasteiger charge is 2.11. The second-order valence-corrected chi connectivity index (χ2v) is 10.5. The predicted octanol–water partition coefficient (Wildman–Crippen LogP) is 7.65. The molecule has 1 aromatic heterocycles. The number of halogens is 1. The van der Waals surface area contributed by atoms with Crippen molar-refractivity contribution >= 4 is 49.6 Å². The van der Waals surface area contributed by atoms with E-state index in [2.05, 4.69) is 105 Å². The van der Waals surface area contributed by atoms with Gasteiger partial charge >= 0.3 is 0 Å². The van der Waals surface area contributed by atoms with Crippen molar-refractivity contribution in [3.63, 3.8) is 0 Å². The number of allylic oxidation sites excluding steroid dienone is 2. The first-order valence-electron chi connectivity index (χ1n) is 11.3. The topological polar surface area (TPSA) is 41.9 Å². The maximum absolute atomic E-state index is 4.57. The molecule has 0 radical (unpaired) electrons. The third kappa shape index (κ3) is 6.21. The van der Waals surface area contributed by atoms with E-state index in [-0.39, 0.29) is 10.7 Å². The molecule has 0 fully saturated rings. The van der Waals surface area contributed by atoms with Gasteiger partial charge in [-0.2, -0.15) is 5.10 Å². The number of hydrogen-bond acceptors (Lipinski definition) is 3. The Morgan fingerprint density at radius 1 is 1.03 bits per heavy atom. The van der Waals surface area contributed by atoms with Crippen LogP contribution in [-0.2, 0) is 6.54 Å². The monoisotopic (exact) mass is 544 g/mol. The number of benzene rings is 3. The molecule has 35 heavy (non-hydrogen) atoms. The van der Waals surface area contributed by atoms with Gasteiger partial charge in [-0.25, -0.2) is 4.68 Å². The summed E-state index contributed by atoms with van der Waals surface area (Å²) in [4.78, 5) is 1.18. The van der Waals surface area contributed by atoms with Crippen LogP contribution in [-0.4, -0.2) is 15.7 Å². The van der Waals surface area contributed by atoms with E-state index in [1.165, 1.54) is 10.5 Å². The molecule has 3 aromatic carbocycles. The summed E-state index contributed by atoms with van der Waals surface area (Å²) in [6.45, 7) is 9.10. The van der Waals surface area contributed by atoms with Gasteiger partial charge < -0.3 is 10.0 Å². The number of nitrogens with one attached hydrogen (secondary N) is 2. The van der Waals surface area contributed by atoms with Crippen molar-refractivity contribution in [2.24, 2.45) is 0 Å². The third-order valence-electron chi connectivity index (χ3n) is 5.65. The fourth-order valence-electron chi connectivity index (χ4n) is 3.72. The first-order valence-corrected chi connectivity index (χ1v) is 13.5. The van der Waals surface area contributed by atoms with Crippen LogP contribution in [0.5, 0.6) is 0 Å². The molecule has 0 aliphatic carbocycles. The fraction of sp³-hybridized carbons (Fsp3) is 0.103. The zero-order valence-electron chi connectivity index (χ0n) is 20.0. The van der Waals surface area contributed by atoms with Crippen LogP contribution >= 0.6 is 26.6 Å². The molecular weight excluding hydrogens is 516 g/mol. The molecule has 4 nitrogen and oxygen atoms in total. The number of aromatic nitrogens is 2. The van der Waals surface area contributed by atoms with Gasteiger partial charge in [0, 0.05) is 17.1 Å². The van der Waals surface area contributed by atoms with Gasteiger partial charge in [-0.3, -0.25) is 0 Å². The van der Waals surface area contributed by atoms with Crippen molar-refractivity contribution in [1.29, 1.82) is 0 Å². The van der Waals surface area contributed by atoms with E-state index in [1.54, 1.807) is 0 Å². The maximum Gasteiger partial charge on any atom is 0.128 e. The summed E-state index contributed by atoms with van der Waals surface area (Å²) in [5, 5.41) is 8.14. The molecular formula is C29H29BrN4S. The third-order valence-corrected chi connectivity index (χ3v) is 7.75. The molecule has 2 N–H and O–H groups in total. The Morgan fingerprint density at radius 2 is 1.77 bits per heavy atom. The van der Waals surface area contributed by atoms with E-state index in [4.69, 9.17) is 0 Å². The van der Waals surface area contributed by atoms with Gasteiger partial charge in [-0.05, 0) is 82.4 Å². The van der Waals surface area contributed by atoms with Crippen LogP contribution in [0.1, 0.15) is 22.4 Å². The summed E-state index contributed by atoms with van der Waals surface area (Å²) in [6, 6.07) is 27.0. The molecule has 4 rings (SSSR count). The lowest BCUT2D eigenvalue weighted by Crippen LogP contribution is -2.19. The first kappa shape index (κ1) is 24.8. The van der Waals surface area contributed by atoms with Crippen molar-refractivity contribution in [3.05, 3.63) is 125 Å². The van der Waals surface area contributed by atoms with Crippen LogP contribution in [0.4, 0.5) is 5.69 Å². The number of nitrogens with zero attached hydrogens (tertiary/aromatic N) is 2. The van der Waals surface area contributed by atoms with Gasteiger partial charge in [-0.15, -0.1) is 0 Å². The SMILES string of the molecule is C=C(/C=C(/NCc1cccc(NS(=C)c2ccccc2)c1)n1ncc(Br)c1C)c1ccccc1C. The van der Waals surface area contributed by atoms with E-state index < -0.39 is 0 Å². The van der Waals surface area contributed by atoms with Crippen molar-refractivity contribution in [1.82, 2.24) is 15.1 Å². The number of aryl methyl sites for hydroxylation is 1. The highest BCUT2D eigenvalue weighted by Crippen LogP contribution is 2.27. The molecule has 4 aromatic rings. The zero-order chi connectivity index (χ0) is 24.8. The van der Waals surface area contributed by atoms with Crippen molar-refractivity contribution < 1.29 is 0 Å². The summed E-state index contributed by atoms with van der Waals surface area (Å²) >= 11 is 3.58. The summed E-state index contributed by atoms with van der Waals surface area (Å²) in [7, 11) is -0.329. The van der Waals surface area contributed by atoms with Crippen molar-refractivity contribution in [2.45, 2.75) is 25.3 Å². The molecule has 1 heterocycles. The van der Waals surface area contributed by atoms with Gasteiger partial charge in [0.1, 0.15) is 5.82 Å². The van der Waals surface area contributed by atoms with Crippen LogP contribution in [0, 0.1) is 13.8 Å². The minimum absolute atomic E-state index is 0.329. The maximum atomic E-state index is 4.57. The molecule has 6 heteroatoms. The molecule has 0 saturated carbocycles. The lowest BCUT2D eigenvalue weighted by atomic mass is 10.0. The van der Waals surface area contributed by atoms with Crippen LogP contribution in [0.15, 0.2) is 107 Å². The largest absolute Gasteiger partial charge is 0.366 e. The number of anilines is 1. The normalized spacial score (nSPS) is 12.3. The predicted molar refractivity (Wildman–Crippen MR) is 155 cm³/mol. The summed E-state index contributed by atoms with van der Waals surface area (Å²) in [5.74, 6) is 5.16. The molecule has 0 aliphatic heterocycles. The fourth-order valence-corrected chi connectivity index (χ4v) is 4.99. The molecule has 0 amide bonds. The highest BCUT2D eigenvalue weighted by molar-refractivity contribution is 9.10. The van der Waals surface area contributed by atoms with E-state index in [0.29, 0.717) is 6.54 Å². The van der Waals surface area contributed by atoms with Crippen LogP contribution in [0.25, 0.3) is 11.4 Å². The Balaban J connectivity index is 1.55. The second-order valence-electron chi connectivity index (χ2n) is 8.22. The lowest BCUT2D eigenvalue weighted by molar-refractivity contribution is 0.756. The summed E-state index contributed by atoms with van der Waals surface area (Å²) < 4.78 is 6.39. The lowest BCUT2D eigenvalue weighted by Gasteiger charge is -2.16. The summed E-state index contributed by atoms with van der Waals surface area (Å²) in [5.41, 5.74) is 6.44. The van der Waals surface area contributed by atoms with Crippen LogP contribution < -0.4 is 10.0 Å². The van der Waals surface area contributed by atoms with Gasteiger partial charge in [0.25, 0.3) is 0 Å². The van der Waals surface area contributed by atoms with E-state index in [0.717, 1.165) is 38.4 Å². The highest BCUT2D eigenvalue weighted by atomic mass is 79.9. The van der Waals surface area contributed by atoms with E-state index in [1.807, 2.05) is 48.1 Å². The van der Waals surface area contributed by atoms with Gasteiger partial charge in [0.05, 0.1) is 16.4 Å². The Labute approximate surface area is 218 Å². The molecule has 0 saturated heterocycles. The molecule has 1 atom stereocenters. The average molecular weight is 546 g/mol. The number of rotatable bonds is 9. The van der Waals surface area contributed by atoms with E-state index >= 15 is 0 Å². The quantitative estimate of drug-likeness (QED) is 0.168. The summed E-state index contributed by atoms with van der Waals surface area (Å²) in [6.07, 6.45) is 3.87. The van der Waals surface area contributed by atoms with Gasteiger partial charge in [0.15, 0.2) is 0 Å². The average Bonchev–Trinajstić information content (AvgIpc) is 3.20. The zero-order valence-corrected chi connectivity index (χ0v) is 22.4. The van der Waals surface area contributed by atoms with E-state index in [9.17, 15) is 0 Å². The Kier molecular flexibility index (Phi) is 8.06. The van der Waals surface area contributed by atoms with Crippen LogP contribution in [0.2, 0.25) is 0 Å². The smallest absolute Gasteiger partial charge is 0.128 e.